The Morgan fingerprint density at radius 1 is 0.933 bits per heavy atom. The van der Waals surface area contributed by atoms with Crippen LogP contribution in [0.2, 0.25) is 0 Å². The van der Waals surface area contributed by atoms with E-state index in [2.05, 4.69) is 50.9 Å². The van der Waals surface area contributed by atoms with Crippen molar-refractivity contribution in [3.8, 4) is 0 Å². The molecule has 0 saturated carbocycles. The van der Waals surface area contributed by atoms with Crippen LogP contribution in [0.1, 0.15) is 11.1 Å². The number of rotatable bonds is 5. The summed E-state index contributed by atoms with van der Waals surface area (Å²) in [6.45, 7) is 9.40. The number of aromatic nitrogens is 1. The van der Waals surface area contributed by atoms with Gasteiger partial charge in [-0.2, -0.15) is 4.31 Å². The first-order valence-electron chi connectivity index (χ1n) is 10.6. The summed E-state index contributed by atoms with van der Waals surface area (Å²) < 4.78 is 27.3. The highest BCUT2D eigenvalue weighted by Gasteiger charge is 2.28. The van der Waals surface area contributed by atoms with Gasteiger partial charge in [-0.1, -0.05) is 29.8 Å². The summed E-state index contributed by atoms with van der Waals surface area (Å²) in [5.41, 5.74) is 2.64. The molecular formula is C22H31N5O2S. The Morgan fingerprint density at radius 3 is 2.30 bits per heavy atom. The topological polar surface area (TPSA) is 60.0 Å². The van der Waals surface area contributed by atoms with Crippen LogP contribution in [0.15, 0.2) is 47.5 Å². The van der Waals surface area contributed by atoms with Crippen molar-refractivity contribution >= 4 is 15.8 Å². The standard InChI is InChI=1S/C22H31N5O2S/c1-19-4-3-5-20(16-19)18-25-10-12-26(13-11-25)22-7-6-21(17-23-22)30(28,29)27-14-8-24(2)9-15-27/h3-7,16-17H,8-15,18H2,1-2H3. The zero-order chi connectivity index (χ0) is 21.1. The minimum absolute atomic E-state index is 0.286. The number of nitrogens with zero attached hydrogens (tertiary/aromatic N) is 5. The maximum atomic E-state index is 12.9. The van der Waals surface area contributed by atoms with E-state index < -0.39 is 10.0 Å². The summed E-state index contributed by atoms with van der Waals surface area (Å²) in [4.78, 5) is 11.6. The highest BCUT2D eigenvalue weighted by molar-refractivity contribution is 7.89. The number of piperazine rings is 2. The van der Waals surface area contributed by atoms with E-state index in [-0.39, 0.29) is 4.90 Å². The molecule has 7 nitrogen and oxygen atoms in total. The van der Waals surface area contributed by atoms with Crippen molar-refractivity contribution < 1.29 is 8.42 Å². The lowest BCUT2D eigenvalue weighted by molar-refractivity contribution is 0.222. The van der Waals surface area contributed by atoms with Crippen LogP contribution in [-0.4, -0.2) is 86.9 Å². The zero-order valence-electron chi connectivity index (χ0n) is 17.9. The van der Waals surface area contributed by atoms with Crippen LogP contribution in [0.25, 0.3) is 0 Å². The summed E-state index contributed by atoms with van der Waals surface area (Å²) in [6.07, 6.45) is 1.52. The normalized spacial score (nSPS) is 19.9. The molecule has 2 fully saturated rings. The van der Waals surface area contributed by atoms with Crippen LogP contribution in [0.3, 0.4) is 0 Å². The minimum Gasteiger partial charge on any atom is -0.354 e. The predicted octanol–water partition coefficient (Wildman–Crippen LogP) is 1.65. The number of likely N-dealkylation sites (N-methyl/N-ethyl adjacent to an activating group) is 1. The van der Waals surface area contributed by atoms with Gasteiger partial charge in [-0.25, -0.2) is 13.4 Å². The van der Waals surface area contributed by atoms with Gasteiger partial charge >= 0.3 is 0 Å². The van der Waals surface area contributed by atoms with Gasteiger partial charge in [0.05, 0.1) is 0 Å². The van der Waals surface area contributed by atoms with Crippen LogP contribution in [0.5, 0.6) is 0 Å². The molecule has 0 bridgehead atoms. The first-order chi connectivity index (χ1) is 14.4. The summed E-state index contributed by atoms with van der Waals surface area (Å²) in [7, 11) is -1.45. The molecule has 30 heavy (non-hydrogen) atoms. The van der Waals surface area contributed by atoms with Gasteiger partial charge in [0.1, 0.15) is 10.7 Å². The van der Waals surface area contributed by atoms with Gasteiger partial charge in [-0.3, -0.25) is 4.90 Å². The van der Waals surface area contributed by atoms with Crippen molar-refractivity contribution in [2.45, 2.75) is 18.4 Å². The van der Waals surface area contributed by atoms with Crippen LogP contribution >= 0.6 is 0 Å². The van der Waals surface area contributed by atoms with Gasteiger partial charge in [-0.05, 0) is 31.7 Å². The average Bonchev–Trinajstić information content (AvgIpc) is 2.75. The Morgan fingerprint density at radius 2 is 1.67 bits per heavy atom. The second-order valence-electron chi connectivity index (χ2n) is 8.31. The third-order valence-corrected chi connectivity index (χ3v) is 7.89. The number of pyridine rings is 1. The number of aryl methyl sites for hydroxylation is 1. The number of sulfonamides is 1. The maximum Gasteiger partial charge on any atom is 0.244 e. The fraction of sp³-hybridized carbons (Fsp3) is 0.500. The quantitative estimate of drug-likeness (QED) is 0.720. The van der Waals surface area contributed by atoms with Gasteiger partial charge in [-0.15, -0.1) is 0 Å². The molecule has 2 aromatic rings. The third-order valence-electron chi connectivity index (χ3n) is 6.01. The van der Waals surface area contributed by atoms with Gasteiger partial charge in [0.2, 0.25) is 10.0 Å². The highest BCUT2D eigenvalue weighted by atomic mass is 32.2. The molecule has 1 aromatic heterocycles. The van der Waals surface area contributed by atoms with Gasteiger partial charge in [0.15, 0.2) is 0 Å². The van der Waals surface area contributed by atoms with Crippen molar-refractivity contribution in [1.82, 2.24) is 19.1 Å². The molecular weight excluding hydrogens is 398 g/mol. The lowest BCUT2D eigenvalue weighted by atomic mass is 10.1. The number of hydrogen-bond donors (Lipinski definition) is 0. The Kier molecular flexibility index (Phi) is 6.38. The van der Waals surface area contributed by atoms with Crippen molar-refractivity contribution in [1.29, 1.82) is 0 Å². The lowest BCUT2D eigenvalue weighted by Crippen LogP contribution is -2.47. The third kappa shape index (κ3) is 4.83. The average molecular weight is 430 g/mol. The molecule has 1 aromatic carbocycles. The Labute approximate surface area is 180 Å². The Bertz CT molecular complexity index is 948. The van der Waals surface area contributed by atoms with E-state index in [4.69, 9.17) is 0 Å². The molecule has 2 aliphatic heterocycles. The number of hydrogen-bond acceptors (Lipinski definition) is 6. The second kappa shape index (κ2) is 9.01. The molecule has 0 spiro atoms. The van der Waals surface area contributed by atoms with E-state index in [0.717, 1.165) is 51.6 Å². The van der Waals surface area contributed by atoms with Crippen molar-refractivity contribution in [3.05, 3.63) is 53.7 Å². The summed E-state index contributed by atoms with van der Waals surface area (Å²) in [5, 5.41) is 0. The second-order valence-corrected chi connectivity index (χ2v) is 10.2. The molecule has 0 atom stereocenters. The van der Waals surface area contributed by atoms with E-state index in [1.165, 1.54) is 17.3 Å². The molecule has 3 heterocycles. The van der Waals surface area contributed by atoms with E-state index in [1.54, 1.807) is 10.4 Å². The molecule has 162 valence electrons. The molecule has 0 aliphatic carbocycles. The minimum atomic E-state index is -3.46. The number of benzene rings is 1. The molecule has 4 rings (SSSR count). The van der Waals surface area contributed by atoms with Crippen molar-refractivity contribution in [3.63, 3.8) is 0 Å². The van der Waals surface area contributed by atoms with Gasteiger partial charge in [0.25, 0.3) is 0 Å². The van der Waals surface area contributed by atoms with E-state index >= 15 is 0 Å². The SMILES string of the molecule is Cc1cccc(CN2CCN(c3ccc(S(=O)(=O)N4CCN(C)CC4)cn3)CC2)c1. The molecule has 8 heteroatoms. The molecule has 2 aliphatic rings. The predicted molar refractivity (Wildman–Crippen MR) is 119 cm³/mol. The van der Waals surface area contributed by atoms with Gasteiger partial charge in [0, 0.05) is 65.1 Å². The lowest BCUT2D eigenvalue weighted by Gasteiger charge is -2.35. The summed E-state index contributed by atoms with van der Waals surface area (Å²) in [5.74, 6) is 0.850. The van der Waals surface area contributed by atoms with Gasteiger partial charge < -0.3 is 9.80 Å². The van der Waals surface area contributed by atoms with E-state index in [0.29, 0.717) is 13.1 Å². The molecule has 0 unspecified atom stereocenters. The number of anilines is 1. The maximum absolute atomic E-state index is 12.9. The largest absolute Gasteiger partial charge is 0.354 e. The summed E-state index contributed by atoms with van der Waals surface area (Å²) in [6, 6.07) is 12.2. The van der Waals surface area contributed by atoms with Crippen LogP contribution in [0, 0.1) is 6.92 Å². The molecule has 2 saturated heterocycles. The van der Waals surface area contributed by atoms with Crippen LogP contribution in [-0.2, 0) is 16.6 Å². The van der Waals surface area contributed by atoms with Crippen molar-refractivity contribution in [2.24, 2.45) is 0 Å². The van der Waals surface area contributed by atoms with Crippen LogP contribution < -0.4 is 4.90 Å². The fourth-order valence-electron chi connectivity index (χ4n) is 4.09. The first-order valence-corrected chi connectivity index (χ1v) is 12.0. The first kappa shape index (κ1) is 21.2. The fourth-order valence-corrected chi connectivity index (χ4v) is 5.46. The Hall–Kier alpha value is -2.00. The van der Waals surface area contributed by atoms with E-state index in [9.17, 15) is 8.42 Å². The summed E-state index contributed by atoms with van der Waals surface area (Å²) >= 11 is 0. The molecule has 0 N–H and O–H groups in total. The molecule has 0 radical (unpaired) electrons. The monoisotopic (exact) mass is 429 g/mol. The highest BCUT2D eigenvalue weighted by Crippen LogP contribution is 2.21. The molecule has 0 amide bonds. The van der Waals surface area contributed by atoms with Crippen LogP contribution in [0.4, 0.5) is 5.82 Å². The Balaban J connectivity index is 1.35. The zero-order valence-corrected chi connectivity index (χ0v) is 18.7. The smallest absolute Gasteiger partial charge is 0.244 e. The van der Waals surface area contributed by atoms with Crippen molar-refractivity contribution in [2.75, 3.05) is 64.3 Å². The van der Waals surface area contributed by atoms with E-state index in [1.807, 2.05) is 13.1 Å².